The van der Waals surface area contributed by atoms with E-state index in [0.29, 0.717) is 23.8 Å². The van der Waals surface area contributed by atoms with E-state index in [9.17, 15) is 4.79 Å². The Labute approximate surface area is 128 Å². The molecule has 0 amide bonds. The summed E-state index contributed by atoms with van der Waals surface area (Å²) in [6, 6.07) is 6.66. The Morgan fingerprint density at radius 1 is 1.40 bits per heavy atom. The molecule has 6 nitrogen and oxygen atoms in total. The number of methoxy groups -OCH3 is 1. The molecule has 0 atom stereocenters. The Kier molecular flexibility index (Phi) is 4.96. The Balaban J connectivity index is 2.08. The average Bonchev–Trinajstić information content (AvgIpc) is 2.85. The summed E-state index contributed by atoms with van der Waals surface area (Å²) in [5.41, 5.74) is 0.699. The van der Waals surface area contributed by atoms with Crippen molar-refractivity contribution in [3.05, 3.63) is 44.9 Å². The van der Waals surface area contributed by atoms with Crippen LogP contribution in [0.15, 0.2) is 28.8 Å². The maximum absolute atomic E-state index is 11.1. The van der Waals surface area contributed by atoms with Gasteiger partial charge in [0.2, 0.25) is 0 Å². The fraction of sp³-hybridized carbons (Fsp3) is 0.231. The number of benzene rings is 1. The van der Waals surface area contributed by atoms with Gasteiger partial charge in [0, 0.05) is 16.7 Å². The minimum Gasteiger partial charge on any atom is -0.486 e. The van der Waals surface area contributed by atoms with Crippen molar-refractivity contribution in [3.8, 4) is 5.75 Å². The van der Waals surface area contributed by atoms with Gasteiger partial charge in [-0.05, 0) is 40.8 Å². The highest BCUT2D eigenvalue weighted by Crippen LogP contribution is 2.22. The van der Waals surface area contributed by atoms with Crippen LogP contribution in [-0.2, 0) is 18.0 Å². The standard InChI is InChI=1S/C13H12INO5/c1-18-7-10-5-9(15-20-10)6-19-12-3-2-8(14)4-11(12)13(16)17/h2-5H,6-7H2,1H3,(H,16,17). The van der Waals surface area contributed by atoms with Crippen LogP contribution >= 0.6 is 22.6 Å². The van der Waals surface area contributed by atoms with Gasteiger partial charge in [0.05, 0.1) is 0 Å². The zero-order valence-corrected chi connectivity index (χ0v) is 12.8. The van der Waals surface area contributed by atoms with Crippen molar-refractivity contribution < 1.29 is 23.9 Å². The molecule has 106 valence electrons. The van der Waals surface area contributed by atoms with E-state index in [-0.39, 0.29) is 12.2 Å². The summed E-state index contributed by atoms with van der Waals surface area (Å²) < 4.78 is 16.2. The first-order chi connectivity index (χ1) is 9.60. The molecule has 0 aliphatic carbocycles. The topological polar surface area (TPSA) is 81.8 Å². The predicted molar refractivity (Wildman–Crippen MR) is 77.7 cm³/mol. The van der Waals surface area contributed by atoms with Crippen molar-refractivity contribution in [1.82, 2.24) is 5.16 Å². The highest BCUT2D eigenvalue weighted by atomic mass is 127. The number of ether oxygens (including phenoxy) is 2. The van der Waals surface area contributed by atoms with Gasteiger partial charge in [-0.3, -0.25) is 0 Å². The fourth-order valence-electron chi connectivity index (χ4n) is 1.58. The van der Waals surface area contributed by atoms with E-state index in [0.717, 1.165) is 3.57 Å². The first-order valence-electron chi connectivity index (χ1n) is 5.69. The van der Waals surface area contributed by atoms with Crippen LogP contribution in [0.5, 0.6) is 5.75 Å². The van der Waals surface area contributed by atoms with E-state index in [4.69, 9.17) is 19.1 Å². The molecule has 0 aliphatic rings. The highest BCUT2D eigenvalue weighted by molar-refractivity contribution is 14.1. The largest absolute Gasteiger partial charge is 0.486 e. The monoisotopic (exact) mass is 389 g/mol. The van der Waals surface area contributed by atoms with Gasteiger partial charge in [-0.2, -0.15) is 0 Å². The quantitative estimate of drug-likeness (QED) is 0.766. The predicted octanol–water partition coefficient (Wildman–Crippen LogP) is 2.70. The molecular weight excluding hydrogens is 377 g/mol. The van der Waals surface area contributed by atoms with Crippen LogP contribution in [-0.4, -0.2) is 23.3 Å². The van der Waals surface area contributed by atoms with Crippen LogP contribution in [0.25, 0.3) is 0 Å². The van der Waals surface area contributed by atoms with E-state index in [1.807, 2.05) is 22.6 Å². The van der Waals surface area contributed by atoms with Gasteiger partial charge in [-0.1, -0.05) is 5.16 Å². The van der Waals surface area contributed by atoms with Crippen molar-refractivity contribution in [1.29, 1.82) is 0 Å². The Hall–Kier alpha value is -1.61. The third-order valence-corrected chi connectivity index (χ3v) is 3.11. The summed E-state index contributed by atoms with van der Waals surface area (Å²) in [4.78, 5) is 11.1. The van der Waals surface area contributed by atoms with Crippen LogP contribution in [0.1, 0.15) is 21.8 Å². The zero-order chi connectivity index (χ0) is 14.5. The number of rotatable bonds is 6. The molecule has 1 aromatic carbocycles. The summed E-state index contributed by atoms with van der Waals surface area (Å²) in [5, 5.41) is 12.9. The van der Waals surface area contributed by atoms with Gasteiger partial charge in [-0.25, -0.2) is 4.79 Å². The normalized spacial score (nSPS) is 10.5. The second kappa shape index (κ2) is 6.71. The van der Waals surface area contributed by atoms with Crippen LogP contribution < -0.4 is 4.74 Å². The molecule has 2 aromatic rings. The lowest BCUT2D eigenvalue weighted by Gasteiger charge is -2.07. The molecule has 0 radical (unpaired) electrons. The summed E-state index contributed by atoms with van der Waals surface area (Å²) in [6.45, 7) is 0.463. The first-order valence-corrected chi connectivity index (χ1v) is 6.77. The van der Waals surface area contributed by atoms with E-state index in [2.05, 4.69) is 5.16 Å². The number of carboxylic acid groups (broad SMARTS) is 1. The molecular formula is C13H12INO5. The molecule has 0 fully saturated rings. The number of aromatic nitrogens is 1. The van der Waals surface area contributed by atoms with Crippen LogP contribution in [0.3, 0.4) is 0 Å². The minimum atomic E-state index is -1.03. The number of halogens is 1. The van der Waals surface area contributed by atoms with Crippen molar-refractivity contribution in [2.75, 3.05) is 7.11 Å². The van der Waals surface area contributed by atoms with Gasteiger partial charge >= 0.3 is 5.97 Å². The Bertz CT molecular complexity index is 611. The first kappa shape index (κ1) is 14.8. The average molecular weight is 389 g/mol. The number of nitrogens with zero attached hydrogens (tertiary/aromatic N) is 1. The lowest BCUT2D eigenvalue weighted by atomic mass is 10.2. The molecule has 0 bridgehead atoms. The summed E-state index contributed by atoms with van der Waals surface area (Å²) in [5.74, 6) is -0.139. The number of carbonyl (C=O) groups is 1. The van der Waals surface area contributed by atoms with Crippen molar-refractivity contribution in [3.63, 3.8) is 0 Å². The van der Waals surface area contributed by atoms with Gasteiger partial charge in [0.25, 0.3) is 0 Å². The summed E-state index contributed by atoms with van der Waals surface area (Å²) >= 11 is 2.05. The number of hydrogen-bond acceptors (Lipinski definition) is 5. The zero-order valence-electron chi connectivity index (χ0n) is 10.6. The molecule has 2 rings (SSSR count). The molecule has 0 saturated heterocycles. The fourth-order valence-corrected chi connectivity index (χ4v) is 2.07. The minimum absolute atomic E-state index is 0.123. The highest BCUT2D eigenvalue weighted by Gasteiger charge is 2.13. The van der Waals surface area contributed by atoms with E-state index in [1.54, 1.807) is 31.4 Å². The molecule has 1 N–H and O–H groups in total. The number of carboxylic acids is 1. The third kappa shape index (κ3) is 3.70. The Morgan fingerprint density at radius 3 is 2.90 bits per heavy atom. The van der Waals surface area contributed by atoms with E-state index < -0.39 is 5.97 Å². The molecule has 20 heavy (non-hydrogen) atoms. The molecule has 7 heteroatoms. The SMILES string of the molecule is COCc1cc(COc2ccc(I)cc2C(=O)O)no1. The van der Waals surface area contributed by atoms with Crippen molar-refractivity contribution in [2.24, 2.45) is 0 Å². The van der Waals surface area contributed by atoms with E-state index in [1.165, 1.54) is 0 Å². The van der Waals surface area contributed by atoms with Gasteiger partial charge in [0.1, 0.15) is 30.2 Å². The van der Waals surface area contributed by atoms with Gasteiger partial charge in [0.15, 0.2) is 5.76 Å². The second-order valence-corrected chi connectivity index (χ2v) is 5.20. The molecule has 1 heterocycles. The lowest BCUT2D eigenvalue weighted by Crippen LogP contribution is -2.04. The van der Waals surface area contributed by atoms with Gasteiger partial charge in [-0.15, -0.1) is 0 Å². The summed E-state index contributed by atoms with van der Waals surface area (Å²) in [7, 11) is 1.56. The van der Waals surface area contributed by atoms with Crippen LogP contribution in [0, 0.1) is 3.57 Å². The maximum Gasteiger partial charge on any atom is 0.339 e. The van der Waals surface area contributed by atoms with Crippen molar-refractivity contribution in [2.45, 2.75) is 13.2 Å². The number of aromatic carboxylic acids is 1. The molecule has 0 unspecified atom stereocenters. The smallest absolute Gasteiger partial charge is 0.339 e. The molecule has 0 spiro atoms. The van der Waals surface area contributed by atoms with Crippen LogP contribution in [0.2, 0.25) is 0 Å². The molecule has 1 aromatic heterocycles. The third-order valence-electron chi connectivity index (χ3n) is 2.44. The maximum atomic E-state index is 11.1. The molecule has 0 aliphatic heterocycles. The number of hydrogen-bond donors (Lipinski definition) is 1. The van der Waals surface area contributed by atoms with Crippen molar-refractivity contribution >= 4 is 28.6 Å². The van der Waals surface area contributed by atoms with E-state index >= 15 is 0 Å². The molecule has 0 saturated carbocycles. The second-order valence-electron chi connectivity index (χ2n) is 3.95. The summed E-state index contributed by atoms with van der Waals surface area (Å²) in [6.07, 6.45) is 0. The lowest BCUT2D eigenvalue weighted by molar-refractivity contribution is 0.0691. The van der Waals surface area contributed by atoms with Gasteiger partial charge < -0.3 is 19.1 Å². The Morgan fingerprint density at radius 2 is 2.20 bits per heavy atom. The van der Waals surface area contributed by atoms with Crippen LogP contribution in [0.4, 0.5) is 0 Å².